The van der Waals surface area contributed by atoms with Crippen molar-refractivity contribution in [3.8, 4) is 6.07 Å². The normalized spacial score (nSPS) is 10.9. The van der Waals surface area contributed by atoms with Gasteiger partial charge in [0, 0.05) is 0 Å². The van der Waals surface area contributed by atoms with E-state index >= 15 is 0 Å². The number of nitriles is 1. The maximum atomic E-state index is 8.43. The molecule has 1 radical (unpaired) electrons. The lowest BCUT2D eigenvalue weighted by Gasteiger charge is -2.04. The van der Waals surface area contributed by atoms with Crippen LogP contribution in [0.25, 0.3) is 0 Å². The van der Waals surface area contributed by atoms with E-state index in [1.54, 1.807) is 6.42 Å². The Morgan fingerprint density at radius 1 is 0.462 bits per heavy atom. The highest BCUT2D eigenvalue weighted by Crippen LogP contribution is 2.15. The summed E-state index contributed by atoms with van der Waals surface area (Å²) in [4.78, 5) is 0. The van der Waals surface area contributed by atoms with Crippen molar-refractivity contribution in [2.45, 2.75) is 148 Å². The van der Waals surface area contributed by atoms with Crippen LogP contribution in [0.5, 0.6) is 0 Å². The number of hydrogen-bond acceptors (Lipinski definition) is 1. The first-order valence-corrected chi connectivity index (χ1v) is 12.1. The first-order chi connectivity index (χ1) is 12.9. The molecule has 26 heavy (non-hydrogen) atoms. The maximum absolute atomic E-state index is 8.43. The van der Waals surface area contributed by atoms with Crippen LogP contribution in [-0.2, 0) is 0 Å². The lowest BCUT2D eigenvalue weighted by Crippen LogP contribution is -1.84. The second-order valence-electron chi connectivity index (χ2n) is 8.19. The Balaban J connectivity index is 2.96. The van der Waals surface area contributed by atoms with Gasteiger partial charge in [0.25, 0.3) is 0 Å². The summed E-state index contributed by atoms with van der Waals surface area (Å²) < 4.78 is 0. The lowest BCUT2D eigenvalue weighted by molar-refractivity contribution is 0.520. The van der Waals surface area contributed by atoms with Gasteiger partial charge in [0.1, 0.15) is 0 Å². The smallest absolute Gasteiger partial charge is 0.0669 e. The van der Waals surface area contributed by atoms with Gasteiger partial charge in [-0.05, 0) is 6.42 Å². The first kappa shape index (κ1) is 25.5. The van der Waals surface area contributed by atoms with E-state index in [1.165, 1.54) is 135 Å². The minimum absolute atomic E-state index is 0.982. The molecule has 0 aliphatic heterocycles. The van der Waals surface area contributed by atoms with Crippen molar-refractivity contribution < 1.29 is 0 Å². The standard InChI is InChI=1S/C25H48N/c1-2-3-4-5-6-7-8-9-10-11-12-13-14-15-16-17-18-19-20-21-22-23-24-25-26/h24H,2-23H2,1H3. The molecule has 0 rings (SSSR count). The van der Waals surface area contributed by atoms with Crippen LogP contribution < -0.4 is 0 Å². The summed E-state index contributed by atoms with van der Waals surface area (Å²) in [7, 11) is 0. The van der Waals surface area contributed by atoms with E-state index in [2.05, 4.69) is 13.0 Å². The number of unbranched alkanes of at least 4 members (excludes halogenated alkanes) is 22. The molecule has 0 amide bonds. The average molecular weight is 363 g/mol. The first-order valence-electron chi connectivity index (χ1n) is 12.1. The van der Waals surface area contributed by atoms with E-state index in [0.29, 0.717) is 0 Å². The van der Waals surface area contributed by atoms with Gasteiger partial charge in [-0.3, -0.25) is 0 Å². The Morgan fingerprint density at radius 3 is 1.00 bits per heavy atom. The highest BCUT2D eigenvalue weighted by atomic mass is 14.2. The number of hydrogen-bond donors (Lipinski definition) is 0. The van der Waals surface area contributed by atoms with E-state index in [-0.39, 0.29) is 0 Å². The van der Waals surface area contributed by atoms with E-state index in [1.807, 2.05) is 0 Å². The molecule has 0 aromatic rings. The van der Waals surface area contributed by atoms with E-state index in [0.717, 1.165) is 6.42 Å². The third kappa shape index (κ3) is 23.5. The number of rotatable bonds is 22. The Bertz CT molecular complexity index is 278. The van der Waals surface area contributed by atoms with Crippen LogP contribution in [0.1, 0.15) is 148 Å². The molecule has 153 valence electrons. The van der Waals surface area contributed by atoms with Gasteiger partial charge in [-0.2, -0.15) is 5.26 Å². The molecule has 1 nitrogen and oxygen atoms in total. The summed E-state index contributed by atoms with van der Waals surface area (Å²) in [5.41, 5.74) is 0. The fraction of sp³-hybridized carbons (Fsp3) is 0.920. The van der Waals surface area contributed by atoms with Crippen molar-refractivity contribution in [1.29, 1.82) is 5.26 Å². The Hall–Kier alpha value is -0.510. The van der Waals surface area contributed by atoms with E-state index in [9.17, 15) is 0 Å². The van der Waals surface area contributed by atoms with Crippen molar-refractivity contribution >= 4 is 0 Å². The van der Waals surface area contributed by atoms with E-state index < -0.39 is 0 Å². The SMILES string of the molecule is CCCCCCCCCCCCCCCCCCCCCCC[CH]C#N. The fourth-order valence-corrected chi connectivity index (χ4v) is 3.74. The fourth-order valence-electron chi connectivity index (χ4n) is 3.74. The van der Waals surface area contributed by atoms with Crippen molar-refractivity contribution in [2.75, 3.05) is 0 Å². The third-order valence-corrected chi connectivity index (χ3v) is 5.54. The summed E-state index contributed by atoms with van der Waals surface area (Å²) >= 11 is 0. The highest BCUT2D eigenvalue weighted by Gasteiger charge is 1.95. The molecular formula is C25H48N. The van der Waals surface area contributed by atoms with Gasteiger partial charge in [0.2, 0.25) is 0 Å². The van der Waals surface area contributed by atoms with Gasteiger partial charge < -0.3 is 0 Å². The molecule has 0 aliphatic carbocycles. The van der Waals surface area contributed by atoms with Crippen LogP contribution in [0, 0.1) is 17.8 Å². The number of nitrogens with zero attached hydrogens (tertiary/aromatic N) is 1. The summed E-state index contributed by atoms with van der Waals surface area (Å²) in [5.74, 6) is 0. The monoisotopic (exact) mass is 362 g/mol. The van der Waals surface area contributed by atoms with Crippen molar-refractivity contribution in [3.05, 3.63) is 6.42 Å². The molecule has 0 aromatic carbocycles. The van der Waals surface area contributed by atoms with Gasteiger partial charge in [0.15, 0.2) is 0 Å². The third-order valence-electron chi connectivity index (χ3n) is 5.54. The zero-order valence-electron chi connectivity index (χ0n) is 18.1. The van der Waals surface area contributed by atoms with Crippen molar-refractivity contribution in [3.63, 3.8) is 0 Å². The van der Waals surface area contributed by atoms with Crippen LogP contribution in [-0.4, -0.2) is 0 Å². The second-order valence-corrected chi connectivity index (χ2v) is 8.19. The van der Waals surface area contributed by atoms with Gasteiger partial charge in [-0.1, -0.05) is 142 Å². The van der Waals surface area contributed by atoms with Crippen LogP contribution in [0.2, 0.25) is 0 Å². The van der Waals surface area contributed by atoms with Crippen LogP contribution in [0.15, 0.2) is 0 Å². The summed E-state index contributed by atoms with van der Waals surface area (Å²) in [5, 5.41) is 8.43. The molecular weight excluding hydrogens is 314 g/mol. The van der Waals surface area contributed by atoms with E-state index in [4.69, 9.17) is 5.26 Å². The quantitative estimate of drug-likeness (QED) is 0.176. The zero-order valence-corrected chi connectivity index (χ0v) is 18.1. The van der Waals surface area contributed by atoms with Crippen LogP contribution in [0.4, 0.5) is 0 Å². The molecule has 0 bridgehead atoms. The van der Waals surface area contributed by atoms with Crippen molar-refractivity contribution in [2.24, 2.45) is 0 Å². The van der Waals surface area contributed by atoms with Gasteiger partial charge in [0.05, 0.1) is 12.5 Å². The predicted octanol–water partition coefficient (Wildman–Crippen LogP) is 9.32. The molecule has 0 atom stereocenters. The Kier molecular flexibility index (Phi) is 24.0. The summed E-state index contributed by atoms with van der Waals surface area (Å²) in [6.07, 6.45) is 32.7. The molecule has 0 spiro atoms. The molecule has 0 aromatic heterocycles. The molecule has 0 saturated carbocycles. The molecule has 1 heteroatoms. The average Bonchev–Trinajstić information content (AvgIpc) is 2.66. The van der Waals surface area contributed by atoms with Gasteiger partial charge >= 0.3 is 0 Å². The molecule has 0 fully saturated rings. The highest BCUT2D eigenvalue weighted by molar-refractivity contribution is 4.90. The molecule has 0 saturated heterocycles. The Labute approximate surface area is 166 Å². The minimum atomic E-state index is 0.982. The topological polar surface area (TPSA) is 23.8 Å². The molecule has 0 heterocycles. The van der Waals surface area contributed by atoms with Gasteiger partial charge in [-0.25, -0.2) is 0 Å². The van der Waals surface area contributed by atoms with Gasteiger partial charge in [-0.15, -0.1) is 0 Å². The summed E-state index contributed by atoms with van der Waals surface area (Å²) in [6, 6.07) is 2.10. The Morgan fingerprint density at radius 2 is 0.731 bits per heavy atom. The summed E-state index contributed by atoms with van der Waals surface area (Å²) in [6.45, 7) is 2.29. The lowest BCUT2D eigenvalue weighted by atomic mass is 10.0. The molecule has 0 unspecified atom stereocenters. The molecule has 0 N–H and O–H groups in total. The van der Waals surface area contributed by atoms with Crippen LogP contribution >= 0.6 is 0 Å². The predicted molar refractivity (Wildman–Crippen MR) is 117 cm³/mol. The van der Waals surface area contributed by atoms with Crippen molar-refractivity contribution in [1.82, 2.24) is 0 Å². The minimum Gasteiger partial charge on any atom is -0.198 e. The maximum Gasteiger partial charge on any atom is 0.0669 e. The molecule has 0 aliphatic rings. The second kappa shape index (κ2) is 24.5. The zero-order chi connectivity index (χ0) is 19.0. The van der Waals surface area contributed by atoms with Crippen LogP contribution in [0.3, 0.4) is 0 Å². The largest absolute Gasteiger partial charge is 0.198 e.